The molecule has 17 heavy (non-hydrogen) atoms. The summed E-state index contributed by atoms with van der Waals surface area (Å²) in [6.07, 6.45) is 0. The normalized spacial score (nSPS) is 12.4. The van der Waals surface area contributed by atoms with Gasteiger partial charge in [0.05, 0.1) is 0 Å². The number of anilines is 1. The van der Waals surface area contributed by atoms with Gasteiger partial charge in [-0.15, -0.1) is 0 Å². The first-order chi connectivity index (χ1) is 8.08. The van der Waals surface area contributed by atoms with Crippen molar-refractivity contribution in [3.8, 4) is 0 Å². The Balaban J connectivity index is 2.39. The van der Waals surface area contributed by atoms with Crippen molar-refractivity contribution >= 4 is 21.6 Å². The Labute approximate surface area is 111 Å². The minimum atomic E-state index is 0.313. The van der Waals surface area contributed by atoms with Crippen molar-refractivity contribution in [3.63, 3.8) is 0 Å². The zero-order chi connectivity index (χ0) is 12.4. The van der Waals surface area contributed by atoms with Crippen LogP contribution < -0.4 is 5.73 Å². The maximum absolute atomic E-state index is 6.04. The Morgan fingerprint density at radius 3 is 2.35 bits per heavy atom. The molecule has 0 radical (unpaired) electrons. The first kappa shape index (κ1) is 12.2. The van der Waals surface area contributed by atoms with Crippen molar-refractivity contribution in [2.75, 3.05) is 5.73 Å². The number of nitrogens with two attached hydrogens (primary N) is 1. The number of hydrogen-bond acceptors (Lipinski definition) is 1. The SMILES string of the molecule is Cc1ccc(C(C)c2cc(Br)ccc2N)cc1. The summed E-state index contributed by atoms with van der Waals surface area (Å²) < 4.78 is 1.07. The lowest BCUT2D eigenvalue weighted by molar-refractivity contribution is 0.923. The van der Waals surface area contributed by atoms with Gasteiger partial charge in [-0.2, -0.15) is 0 Å². The van der Waals surface area contributed by atoms with Gasteiger partial charge in [0.1, 0.15) is 0 Å². The molecule has 2 N–H and O–H groups in total. The maximum atomic E-state index is 6.04. The summed E-state index contributed by atoms with van der Waals surface area (Å²) in [5.74, 6) is 0.313. The largest absolute Gasteiger partial charge is 0.398 e. The molecule has 0 aliphatic carbocycles. The fraction of sp³-hybridized carbons (Fsp3) is 0.200. The molecule has 1 unspecified atom stereocenters. The summed E-state index contributed by atoms with van der Waals surface area (Å²) in [4.78, 5) is 0. The van der Waals surface area contributed by atoms with Crippen molar-refractivity contribution in [1.82, 2.24) is 0 Å². The van der Waals surface area contributed by atoms with Crippen LogP contribution in [0.2, 0.25) is 0 Å². The number of benzene rings is 2. The topological polar surface area (TPSA) is 26.0 Å². The molecule has 0 spiro atoms. The average Bonchev–Trinajstić information content (AvgIpc) is 2.32. The third kappa shape index (κ3) is 2.70. The smallest absolute Gasteiger partial charge is 0.0353 e. The Morgan fingerprint density at radius 2 is 1.71 bits per heavy atom. The lowest BCUT2D eigenvalue weighted by Crippen LogP contribution is -2.01. The summed E-state index contributed by atoms with van der Waals surface area (Å²) in [5.41, 5.74) is 10.6. The molecule has 0 aliphatic rings. The number of hydrogen-bond donors (Lipinski definition) is 1. The van der Waals surface area contributed by atoms with Crippen molar-refractivity contribution in [2.24, 2.45) is 0 Å². The molecule has 2 aromatic carbocycles. The summed E-state index contributed by atoms with van der Waals surface area (Å²) in [5, 5.41) is 0. The van der Waals surface area contributed by atoms with E-state index in [-0.39, 0.29) is 0 Å². The summed E-state index contributed by atoms with van der Waals surface area (Å²) in [6, 6.07) is 14.6. The van der Waals surface area contributed by atoms with Crippen LogP contribution in [0.5, 0.6) is 0 Å². The van der Waals surface area contributed by atoms with Gasteiger partial charge < -0.3 is 5.73 Å². The minimum Gasteiger partial charge on any atom is -0.398 e. The second-order valence-corrected chi connectivity index (χ2v) is 5.32. The average molecular weight is 290 g/mol. The molecule has 0 heterocycles. The highest BCUT2D eigenvalue weighted by molar-refractivity contribution is 9.10. The first-order valence-corrected chi connectivity index (χ1v) is 6.48. The van der Waals surface area contributed by atoms with Crippen LogP contribution in [0.4, 0.5) is 5.69 Å². The molecule has 0 amide bonds. The highest BCUT2D eigenvalue weighted by Gasteiger charge is 2.11. The van der Waals surface area contributed by atoms with E-state index in [0.717, 1.165) is 10.2 Å². The fourth-order valence-corrected chi connectivity index (χ4v) is 2.33. The zero-order valence-corrected chi connectivity index (χ0v) is 11.7. The molecule has 88 valence electrons. The second kappa shape index (κ2) is 4.92. The van der Waals surface area contributed by atoms with E-state index in [0.29, 0.717) is 5.92 Å². The van der Waals surface area contributed by atoms with Crippen molar-refractivity contribution in [2.45, 2.75) is 19.8 Å². The molecule has 2 aromatic rings. The van der Waals surface area contributed by atoms with Gasteiger partial charge in [0.2, 0.25) is 0 Å². The highest BCUT2D eigenvalue weighted by Crippen LogP contribution is 2.30. The monoisotopic (exact) mass is 289 g/mol. The van der Waals surface area contributed by atoms with Crippen molar-refractivity contribution in [3.05, 3.63) is 63.6 Å². The molecule has 0 fully saturated rings. The van der Waals surface area contributed by atoms with E-state index in [1.165, 1.54) is 16.7 Å². The second-order valence-electron chi connectivity index (χ2n) is 4.41. The standard InChI is InChI=1S/C15H16BrN/c1-10-3-5-12(6-4-10)11(2)14-9-13(16)7-8-15(14)17/h3-9,11H,17H2,1-2H3. The van der Waals surface area contributed by atoms with Gasteiger partial charge in [0.15, 0.2) is 0 Å². The van der Waals surface area contributed by atoms with Gasteiger partial charge in [-0.05, 0) is 36.2 Å². The zero-order valence-electron chi connectivity index (χ0n) is 10.1. The molecule has 0 aliphatic heterocycles. The molecule has 0 aromatic heterocycles. The third-order valence-electron chi connectivity index (χ3n) is 3.09. The number of halogens is 1. The Bertz CT molecular complexity index is 517. The Hall–Kier alpha value is -1.28. The highest BCUT2D eigenvalue weighted by atomic mass is 79.9. The van der Waals surface area contributed by atoms with E-state index in [2.05, 4.69) is 60.1 Å². The molecular weight excluding hydrogens is 274 g/mol. The third-order valence-corrected chi connectivity index (χ3v) is 3.59. The quantitative estimate of drug-likeness (QED) is 0.810. The van der Waals surface area contributed by atoms with Crippen LogP contribution in [-0.2, 0) is 0 Å². The Morgan fingerprint density at radius 1 is 1.06 bits per heavy atom. The van der Waals surface area contributed by atoms with Gasteiger partial charge >= 0.3 is 0 Å². The molecule has 0 bridgehead atoms. The fourth-order valence-electron chi connectivity index (χ4n) is 1.96. The van der Waals surface area contributed by atoms with Crippen LogP contribution in [0.3, 0.4) is 0 Å². The van der Waals surface area contributed by atoms with E-state index in [1.807, 2.05) is 12.1 Å². The van der Waals surface area contributed by atoms with Crippen LogP contribution in [0.25, 0.3) is 0 Å². The number of aryl methyl sites for hydroxylation is 1. The molecule has 0 saturated heterocycles. The van der Waals surface area contributed by atoms with Crippen LogP contribution in [-0.4, -0.2) is 0 Å². The maximum Gasteiger partial charge on any atom is 0.0353 e. The lowest BCUT2D eigenvalue weighted by atomic mass is 9.91. The summed E-state index contributed by atoms with van der Waals surface area (Å²) in [6.45, 7) is 4.28. The van der Waals surface area contributed by atoms with Crippen molar-refractivity contribution < 1.29 is 0 Å². The first-order valence-electron chi connectivity index (χ1n) is 5.69. The molecular formula is C15H16BrN. The van der Waals surface area contributed by atoms with Gasteiger partial charge in [-0.1, -0.05) is 52.7 Å². The van der Waals surface area contributed by atoms with E-state index >= 15 is 0 Å². The Kier molecular flexibility index (Phi) is 3.53. The van der Waals surface area contributed by atoms with Crippen molar-refractivity contribution in [1.29, 1.82) is 0 Å². The van der Waals surface area contributed by atoms with E-state index in [9.17, 15) is 0 Å². The molecule has 1 nitrogen and oxygen atoms in total. The van der Waals surface area contributed by atoms with Gasteiger partial charge in [-0.25, -0.2) is 0 Å². The van der Waals surface area contributed by atoms with Crippen LogP contribution in [0.1, 0.15) is 29.5 Å². The van der Waals surface area contributed by atoms with Crippen LogP contribution >= 0.6 is 15.9 Å². The summed E-state index contributed by atoms with van der Waals surface area (Å²) in [7, 11) is 0. The number of nitrogen functional groups attached to an aromatic ring is 1. The molecule has 0 saturated carbocycles. The molecule has 2 heteroatoms. The van der Waals surface area contributed by atoms with E-state index in [1.54, 1.807) is 0 Å². The van der Waals surface area contributed by atoms with Crippen LogP contribution in [0, 0.1) is 6.92 Å². The van der Waals surface area contributed by atoms with Gasteiger partial charge in [-0.3, -0.25) is 0 Å². The minimum absolute atomic E-state index is 0.313. The molecule has 2 rings (SSSR count). The van der Waals surface area contributed by atoms with Gasteiger partial charge in [0.25, 0.3) is 0 Å². The van der Waals surface area contributed by atoms with Crippen LogP contribution in [0.15, 0.2) is 46.9 Å². The van der Waals surface area contributed by atoms with Gasteiger partial charge in [0, 0.05) is 16.1 Å². The van der Waals surface area contributed by atoms with E-state index in [4.69, 9.17) is 5.73 Å². The summed E-state index contributed by atoms with van der Waals surface area (Å²) >= 11 is 3.49. The predicted molar refractivity (Wildman–Crippen MR) is 77.3 cm³/mol. The predicted octanol–water partition coefficient (Wildman–Crippen LogP) is 4.49. The molecule has 1 atom stereocenters. The number of rotatable bonds is 2. The lowest BCUT2D eigenvalue weighted by Gasteiger charge is -2.15. The van der Waals surface area contributed by atoms with E-state index < -0.39 is 0 Å².